The van der Waals surface area contributed by atoms with Gasteiger partial charge in [0.1, 0.15) is 0 Å². The average Bonchev–Trinajstić information content (AvgIpc) is 2.79. The number of aryl methyl sites for hydroxylation is 2. The number of nitrogens with zero attached hydrogens (tertiary/aromatic N) is 2. The maximum absolute atomic E-state index is 13.1. The van der Waals surface area contributed by atoms with Gasteiger partial charge >= 0.3 is 11.8 Å². The van der Waals surface area contributed by atoms with Crippen LogP contribution >= 0.6 is 0 Å². The zero-order valence-electron chi connectivity index (χ0n) is 17.7. The third-order valence-electron chi connectivity index (χ3n) is 5.99. The van der Waals surface area contributed by atoms with E-state index in [1.54, 1.807) is 0 Å². The van der Waals surface area contributed by atoms with E-state index in [-0.39, 0.29) is 28.9 Å². The number of piperidine rings is 1. The maximum Gasteiger partial charge on any atom is 0.313 e. The number of hydrogen-bond acceptors (Lipinski definition) is 4. The lowest BCUT2D eigenvalue weighted by Gasteiger charge is -2.36. The van der Waals surface area contributed by atoms with Crippen LogP contribution in [-0.2, 0) is 20.8 Å². The summed E-state index contributed by atoms with van der Waals surface area (Å²) in [6, 6.07) is 6.57. The van der Waals surface area contributed by atoms with E-state index in [0.717, 1.165) is 35.7 Å². The highest BCUT2D eigenvalue weighted by Crippen LogP contribution is 2.34. The molecule has 3 heterocycles. The minimum atomic E-state index is -2.73. The second-order valence-electron chi connectivity index (χ2n) is 8.13. The van der Waals surface area contributed by atoms with E-state index in [1.165, 1.54) is 18.0 Å². The summed E-state index contributed by atoms with van der Waals surface area (Å²) in [6.07, 6.45) is 1.99. The molecule has 0 saturated carbocycles. The predicted octanol–water partition coefficient (Wildman–Crippen LogP) is 3.90. The van der Waals surface area contributed by atoms with Crippen LogP contribution in [0.3, 0.4) is 0 Å². The molecule has 7 nitrogen and oxygen atoms in total. The molecule has 168 valence electrons. The summed E-state index contributed by atoms with van der Waals surface area (Å²) < 4.78 is 26.2. The smallest absolute Gasteiger partial charge is 0.313 e. The van der Waals surface area contributed by atoms with E-state index in [1.807, 2.05) is 18.2 Å². The Bertz CT molecular complexity index is 1070. The monoisotopic (exact) mass is 442 g/mol. The van der Waals surface area contributed by atoms with Crippen LogP contribution in [0.15, 0.2) is 30.5 Å². The van der Waals surface area contributed by atoms with Crippen LogP contribution in [0.5, 0.6) is 0 Å². The molecule has 2 aliphatic heterocycles. The molecule has 4 rings (SSSR count). The highest BCUT2D eigenvalue weighted by molar-refractivity contribution is 6.39. The molecule has 0 bridgehead atoms. The number of halogens is 2. The van der Waals surface area contributed by atoms with E-state index < -0.39 is 18.2 Å². The van der Waals surface area contributed by atoms with Crippen LogP contribution < -0.4 is 10.6 Å². The van der Waals surface area contributed by atoms with Gasteiger partial charge in [-0.15, -0.1) is 0 Å². The molecule has 2 aliphatic rings. The molecule has 9 heteroatoms. The fourth-order valence-electron chi connectivity index (χ4n) is 4.29. The average molecular weight is 442 g/mol. The molecule has 32 heavy (non-hydrogen) atoms. The zero-order chi connectivity index (χ0) is 22.8. The number of nitrogens with one attached hydrogen (secondary N) is 2. The summed E-state index contributed by atoms with van der Waals surface area (Å²) in [5.74, 6) is -1.61. The van der Waals surface area contributed by atoms with Gasteiger partial charge in [0.25, 0.3) is 6.43 Å². The van der Waals surface area contributed by atoms with Crippen molar-refractivity contribution in [2.75, 3.05) is 17.2 Å². The van der Waals surface area contributed by atoms with Crippen molar-refractivity contribution in [3.8, 4) is 0 Å². The fraction of sp³-hybridized carbons (Fsp3) is 0.391. The Morgan fingerprint density at radius 1 is 1.22 bits per heavy atom. The molecule has 0 unspecified atom stereocenters. The van der Waals surface area contributed by atoms with Gasteiger partial charge in [-0.3, -0.25) is 19.4 Å². The quantitative estimate of drug-likeness (QED) is 0.706. The Kier molecular flexibility index (Phi) is 6.16. The number of alkyl halides is 2. The minimum Gasteiger partial charge on any atom is -0.327 e. The van der Waals surface area contributed by atoms with E-state index >= 15 is 0 Å². The van der Waals surface area contributed by atoms with Crippen molar-refractivity contribution in [3.05, 3.63) is 52.8 Å². The van der Waals surface area contributed by atoms with Crippen molar-refractivity contribution >= 4 is 29.1 Å². The Labute approximate surface area is 184 Å². The number of pyridine rings is 1. The molecule has 0 spiro atoms. The molecule has 1 aromatic heterocycles. The van der Waals surface area contributed by atoms with Gasteiger partial charge in [-0.2, -0.15) is 0 Å². The number of carbonyl (C=O) groups is 3. The normalized spacial score (nSPS) is 18.2. The first-order chi connectivity index (χ1) is 15.3. The van der Waals surface area contributed by atoms with Crippen molar-refractivity contribution < 1.29 is 23.2 Å². The Morgan fingerprint density at radius 3 is 2.81 bits per heavy atom. The second kappa shape index (κ2) is 9.02. The van der Waals surface area contributed by atoms with E-state index in [2.05, 4.69) is 15.6 Å². The van der Waals surface area contributed by atoms with Crippen LogP contribution in [0.25, 0.3) is 0 Å². The fourth-order valence-corrected chi connectivity index (χ4v) is 4.29. The van der Waals surface area contributed by atoms with Gasteiger partial charge < -0.3 is 15.5 Å². The summed E-state index contributed by atoms with van der Waals surface area (Å²) in [4.78, 5) is 42.7. The van der Waals surface area contributed by atoms with Gasteiger partial charge in [0.2, 0.25) is 5.91 Å². The molecule has 2 N–H and O–H groups in total. The molecular formula is C23H24F2N4O3. The lowest BCUT2D eigenvalue weighted by atomic mass is 9.91. The predicted molar refractivity (Wildman–Crippen MR) is 114 cm³/mol. The van der Waals surface area contributed by atoms with E-state index in [0.29, 0.717) is 25.8 Å². The van der Waals surface area contributed by atoms with Gasteiger partial charge in [-0.05, 0) is 55.9 Å². The van der Waals surface area contributed by atoms with Crippen molar-refractivity contribution in [1.29, 1.82) is 0 Å². The van der Waals surface area contributed by atoms with Crippen LogP contribution in [0.2, 0.25) is 0 Å². The van der Waals surface area contributed by atoms with Gasteiger partial charge in [-0.1, -0.05) is 12.1 Å². The van der Waals surface area contributed by atoms with Gasteiger partial charge in [0.05, 0.1) is 17.9 Å². The number of likely N-dealkylation sites (tertiary alicyclic amines) is 1. The minimum absolute atomic E-state index is 0.0167. The van der Waals surface area contributed by atoms with Crippen LogP contribution in [0, 0.1) is 6.92 Å². The lowest BCUT2D eigenvalue weighted by Crippen LogP contribution is -2.44. The highest BCUT2D eigenvalue weighted by Gasteiger charge is 2.32. The summed E-state index contributed by atoms with van der Waals surface area (Å²) in [5.41, 5.74) is 2.64. The zero-order valence-corrected chi connectivity index (χ0v) is 17.7. The first kappa shape index (κ1) is 21.9. The molecule has 1 atom stereocenters. The number of carbonyl (C=O) groups excluding carboxylic acids is 3. The molecule has 3 amide bonds. The number of hydrogen-bond donors (Lipinski definition) is 2. The molecule has 2 aromatic rings. The summed E-state index contributed by atoms with van der Waals surface area (Å²) in [5, 5.41) is 5.26. The standard InChI is InChI=1S/C23H24F2N4O3/c1-13-17(21(24)25)11-16(12-26-13)27-22(31)23(32)29-9-3-2-4-19(29)15-5-7-18-14(10-15)6-8-20(30)28-18/h5,7,10-12,19,21H,2-4,6,8-9H2,1H3,(H,27,31)(H,28,30)/t19-/m0/s1. The SMILES string of the molecule is Cc1ncc(NC(=O)C(=O)N2CCCC[C@H]2c2ccc3c(c2)CCC(=O)N3)cc1C(F)F. The number of amides is 3. The van der Waals surface area contributed by atoms with E-state index in [4.69, 9.17) is 0 Å². The molecule has 1 fully saturated rings. The van der Waals surface area contributed by atoms with Crippen LogP contribution in [-0.4, -0.2) is 34.2 Å². The summed E-state index contributed by atoms with van der Waals surface area (Å²) >= 11 is 0. The lowest BCUT2D eigenvalue weighted by molar-refractivity contribution is -0.145. The first-order valence-electron chi connectivity index (χ1n) is 10.6. The van der Waals surface area contributed by atoms with Crippen molar-refractivity contribution in [2.24, 2.45) is 0 Å². The molecule has 0 aliphatic carbocycles. The Balaban J connectivity index is 1.52. The molecule has 1 saturated heterocycles. The number of fused-ring (bicyclic) bond motifs is 1. The number of anilines is 2. The molecular weight excluding hydrogens is 418 g/mol. The van der Waals surface area contributed by atoms with Crippen molar-refractivity contribution in [2.45, 2.75) is 51.5 Å². The topological polar surface area (TPSA) is 91.4 Å². The van der Waals surface area contributed by atoms with Crippen molar-refractivity contribution in [1.82, 2.24) is 9.88 Å². The Hall–Kier alpha value is -3.36. The van der Waals surface area contributed by atoms with Gasteiger partial charge in [0.15, 0.2) is 0 Å². The number of benzene rings is 1. The number of rotatable bonds is 3. The molecule has 0 radical (unpaired) electrons. The molecule has 1 aromatic carbocycles. The maximum atomic E-state index is 13.1. The largest absolute Gasteiger partial charge is 0.327 e. The third-order valence-corrected chi connectivity index (χ3v) is 5.99. The van der Waals surface area contributed by atoms with Crippen LogP contribution in [0.4, 0.5) is 20.2 Å². The van der Waals surface area contributed by atoms with Crippen molar-refractivity contribution in [3.63, 3.8) is 0 Å². The van der Waals surface area contributed by atoms with Crippen LogP contribution in [0.1, 0.15) is 60.5 Å². The summed E-state index contributed by atoms with van der Waals surface area (Å²) in [6.45, 7) is 1.89. The third kappa shape index (κ3) is 4.46. The van der Waals surface area contributed by atoms with Gasteiger partial charge in [-0.25, -0.2) is 8.78 Å². The first-order valence-corrected chi connectivity index (χ1v) is 10.6. The summed E-state index contributed by atoms with van der Waals surface area (Å²) in [7, 11) is 0. The highest BCUT2D eigenvalue weighted by atomic mass is 19.3. The van der Waals surface area contributed by atoms with Gasteiger partial charge in [0, 0.05) is 29.9 Å². The van der Waals surface area contributed by atoms with E-state index in [9.17, 15) is 23.2 Å². The Morgan fingerprint density at radius 2 is 2.03 bits per heavy atom. The number of aromatic nitrogens is 1. The second-order valence-corrected chi connectivity index (χ2v) is 8.13.